The largest absolute Gasteiger partial charge is 0.370 e. The molecule has 0 aliphatic heterocycles. The predicted molar refractivity (Wildman–Crippen MR) is 90.7 cm³/mol. The van der Waals surface area contributed by atoms with Gasteiger partial charge in [-0.3, -0.25) is 4.99 Å². The van der Waals surface area contributed by atoms with E-state index in [0.717, 1.165) is 24.6 Å². The van der Waals surface area contributed by atoms with E-state index in [4.69, 9.17) is 5.73 Å². The van der Waals surface area contributed by atoms with Crippen LogP contribution in [0.3, 0.4) is 0 Å². The lowest BCUT2D eigenvalue weighted by Crippen LogP contribution is -2.22. The molecule has 0 unspecified atom stereocenters. The van der Waals surface area contributed by atoms with Gasteiger partial charge in [0.25, 0.3) is 0 Å². The number of rotatable bonds is 6. The number of guanidine groups is 1. The van der Waals surface area contributed by atoms with E-state index in [2.05, 4.69) is 24.2 Å². The molecule has 0 radical (unpaired) electrons. The number of para-hydroxylation sites is 1. The minimum atomic E-state index is 0. The Morgan fingerprint density at radius 3 is 2.50 bits per heavy atom. The first-order valence-electron chi connectivity index (χ1n) is 6.30. The molecule has 0 aliphatic carbocycles. The molecule has 3 N–H and O–H groups in total. The summed E-state index contributed by atoms with van der Waals surface area (Å²) in [5.74, 6) is 1.28. The molecule has 102 valence electrons. The van der Waals surface area contributed by atoms with E-state index < -0.39 is 0 Å². The first-order valence-corrected chi connectivity index (χ1v) is 6.30. The molecular formula is C14H24IN3. The number of hydrogen-bond donors (Lipinski definition) is 2. The van der Waals surface area contributed by atoms with Crippen LogP contribution in [-0.2, 0) is 0 Å². The lowest BCUT2D eigenvalue weighted by molar-refractivity contribution is 0.542. The van der Waals surface area contributed by atoms with Crippen molar-refractivity contribution in [3.63, 3.8) is 0 Å². The summed E-state index contributed by atoms with van der Waals surface area (Å²) in [4.78, 5) is 4.30. The number of halogens is 1. The van der Waals surface area contributed by atoms with Crippen molar-refractivity contribution >= 4 is 35.6 Å². The van der Waals surface area contributed by atoms with Gasteiger partial charge in [-0.25, -0.2) is 0 Å². The Morgan fingerprint density at radius 1 is 1.22 bits per heavy atom. The highest BCUT2D eigenvalue weighted by molar-refractivity contribution is 14.0. The second-order valence-corrected chi connectivity index (χ2v) is 4.65. The van der Waals surface area contributed by atoms with Crippen LogP contribution in [0.1, 0.15) is 33.1 Å². The van der Waals surface area contributed by atoms with Crippen molar-refractivity contribution in [1.29, 1.82) is 0 Å². The van der Waals surface area contributed by atoms with Crippen LogP contribution in [0.2, 0.25) is 0 Å². The maximum absolute atomic E-state index is 5.79. The number of aliphatic imine (C=N–C) groups is 1. The molecule has 0 aromatic heterocycles. The van der Waals surface area contributed by atoms with Gasteiger partial charge in [-0.05, 0) is 24.5 Å². The monoisotopic (exact) mass is 361 g/mol. The number of unbranched alkanes of at least 4 members (excludes halogenated alkanes) is 1. The molecule has 3 nitrogen and oxygen atoms in total. The topological polar surface area (TPSA) is 50.4 Å². The van der Waals surface area contributed by atoms with Crippen LogP contribution >= 0.6 is 24.0 Å². The van der Waals surface area contributed by atoms with Crippen molar-refractivity contribution in [2.45, 2.75) is 33.1 Å². The quantitative estimate of drug-likeness (QED) is 0.350. The minimum Gasteiger partial charge on any atom is -0.370 e. The molecule has 0 bridgehead atoms. The molecule has 0 atom stereocenters. The van der Waals surface area contributed by atoms with E-state index in [-0.39, 0.29) is 24.0 Å². The third kappa shape index (κ3) is 8.33. The summed E-state index contributed by atoms with van der Waals surface area (Å²) in [5, 5.41) is 3.07. The highest BCUT2D eigenvalue weighted by Crippen LogP contribution is 2.06. The Labute approximate surface area is 127 Å². The predicted octanol–water partition coefficient (Wildman–Crippen LogP) is 3.86. The molecule has 18 heavy (non-hydrogen) atoms. The Morgan fingerprint density at radius 2 is 1.89 bits per heavy atom. The van der Waals surface area contributed by atoms with Crippen LogP contribution in [0.4, 0.5) is 5.69 Å². The average Bonchev–Trinajstić information content (AvgIpc) is 2.29. The average molecular weight is 361 g/mol. The third-order valence-corrected chi connectivity index (χ3v) is 2.52. The Bertz CT molecular complexity index is 336. The number of nitrogens with two attached hydrogens (primary N) is 1. The highest BCUT2D eigenvalue weighted by Gasteiger charge is 1.95. The molecule has 1 rings (SSSR count). The molecule has 4 heteroatoms. The Kier molecular flexibility index (Phi) is 9.73. The minimum absolute atomic E-state index is 0. The van der Waals surface area contributed by atoms with Gasteiger partial charge in [0.2, 0.25) is 0 Å². The van der Waals surface area contributed by atoms with Crippen LogP contribution in [-0.4, -0.2) is 12.5 Å². The van der Waals surface area contributed by atoms with Gasteiger partial charge in [-0.1, -0.05) is 44.9 Å². The molecule has 0 spiro atoms. The van der Waals surface area contributed by atoms with Crippen molar-refractivity contribution in [1.82, 2.24) is 0 Å². The molecule has 0 saturated carbocycles. The highest BCUT2D eigenvalue weighted by atomic mass is 127. The van der Waals surface area contributed by atoms with Crippen molar-refractivity contribution in [3.05, 3.63) is 30.3 Å². The summed E-state index contributed by atoms with van der Waals surface area (Å²) >= 11 is 0. The van der Waals surface area contributed by atoms with Crippen LogP contribution in [0.5, 0.6) is 0 Å². The van der Waals surface area contributed by atoms with Gasteiger partial charge in [0.05, 0.1) is 0 Å². The summed E-state index contributed by atoms with van der Waals surface area (Å²) in [7, 11) is 0. The second-order valence-electron chi connectivity index (χ2n) is 4.65. The van der Waals surface area contributed by atoms with E-state index in [1.165, 1.54) is 12.8 Å². The van der Waals surface area contributed by atoms with Gasteiger partial charge in [0, 0.05) is 12.2 Å². The second kappa shape index (κ2) is 10.2. The summed E-state index contributed by atoms with van der Waals surface area (Å²) in [6.07, 6.45) is 3.59. The van der Waals surface area contributed by atoms with Gasteiger partial charge < -0.3 is 11.1 Å². The summed E-state index contributed by atoms with van der Waals surface area (Å²) in [6.45, 7) is 5.29. The van der Waals surface area contributed by atoms with Gasteiger partial charge in [0.15, 0.2) is 5.96 Å². The maximum atomic E-state index is 5.79. The van der Waals surface area contributed by atoms with Crippen molar-refractivity contribution in [2.24, 2.45) is 16.6 Å². The smallest absolute Gasteiger partial charge is 0.193 e. The van der Waals surface area contributed by atoms with E-state index >= 15 is 0 Å². The SMILES string of the molecule is CC(C)CCCCN=C(N)Nc1ccccc1.I. The molecule has 0 saturated heterocycles. The fourth-order valence-electron chi connectivity index (χ4n) is 1.57. The molecule has 0 aliphatic rings. The number of nitrogens with zero attached hydrogens (tertiary/aromatic N) is 1. The number of nitrogens with one attached hydrogen (secondary N) is 1. The first-order chi connectivity index (χ1) is 8.18. The van der Waals surface area contributed by atoms with Gasteiger partial charge in [-0.2, -0.15) is 0 Å². The molecule has 0 amide bonds. The van der Waals surface area contributed by atoms with Gasteiger partial charge >= 0.3 is 0 Å². The Hall–Kier alpha value is -0.780. The van der Waals surface area contributed by atoms with Crippen LogP contribution < -0.4 is 11.1 Å². The van der Waals surface area contributed by atoms with E-state index in [9.17, 15) is 0 Å². The zero-order chi connectivity index (χ0) is 12.5. The summed E-state index contributed by atoms with van der Waals surface area (Å²) in [6, 6.07) is 9.86. The zero-order valence-corrected chi connectivity index (χ0v) is 13.6. The maximum Gasteiger partial charge on any atom is 0.193 e. The van der Waals surface area contributed by atoms with Crippen molar-refractivity contribution < 1.29 is 0 Å². The fraction of sp³-hybridized carbons (Fsp3) is 0.500. The van der Waals surface area contributed by atoms with E-state index in [1.807, 2.05) is 30.3 Å². The third-order valence-electron chi connectivity index (χ3n) is 2.52. The number of anilines is 1. The molecule has 1 aromatic rings. The number of benzene rings is 1. The fourth-order valence-corrected chi connectivity index (χ4v) is 1.57. The molecular weight excluding hydrogens is 337 g/mol. The first kappa shape index (κ1) is 17.2. The lowest BCUT2D eigenvalue weighted by Gasteiger charge is -2.05. The lowest BCUT2D eigenvalue weighted by atomic mass is 10.1. The molecule has 0 heterocycles. The van der Waals surface area contributed by atoms with Crippen molar-refractivity contribution in [2.75, 3.05) is 11.9 Å². The number of hydrogen-bond acceptors (Lipinski definition) is 1. The van der Waals surface area contributed by atoms with Gasteiger partial charge in [-0.15, -0.1) is 24.0 Å². The Balaban J connectivity index is 0.00000289. The zero-order valence-electron chi connectivity index (χ0n) is 11.2. The van der Waals surface area contributed by atoms with Crippen LogP contribution in [0, 0.1) is 5.92 Å². The standard InChI is InChI=1S/C14H23N3.HI/c1-12(2)8-6-7-11-16-14(15)17-13-9-4-3-5-10-13;/h3-5,9-10,12H,6-8,11H2,1-2H3,(H3,15,16,17);1H. The summed E-state index contributed by atoms with van der Waals surface area (Å²) in [5.41, 5.74) is 6.77. The summed E-state index contributed by atoms with van der Waals surface area (Å²) < 4.78 is 0. The normalized spacial score (nSPS) is 11.2. The van der Waals surface area contributed by atoms with Gasteiger partial charge in [0.1, 0.15) is 0 Å². The van der Waals surface area contributed by atoms with Crippen LogP contribution in [0.15, 0.2) is 35.3 Å². The molecule has 0 fully saturated rings. The molecule has 1 aromatic carbocycles. The van der Waals surface area contributed by atoms with E-state index in [0.29, 0.717) is 5.96 Å². The van der Waals surface area contributed by atoms with Crippen molar-refractivity contribution in [3.8, 4) is 0 Å². The van der Waals surface area contributed by atoms with E-state index in [1.54, 1.807) is 0 Å². The van der Waals surface area contributed by atoms with Crippen LogP contribution in [0.25, 0.3) is 0 Å².